The lowest BCUT2D eigenvalue weighted by atomic mass is 9.93. The Balaban J connectivity index is 1.77. The van der Waals surface area contributed by atoms with Gasteiger partial charge in [0.25, 0.3) is 12.5 Å². The number of carbonyl (C=O) groups excluding carboxylic acids is 1. The van der Waals surface area contributed by atoms with Crippen LogP contribution in [-0.4, -0.2) is 52.0 Å². The Kier molecular flexibility index (Phi) is 11.4. The molecule has 1 aliphatic rings. The van der Waals surface area contributed by atoms with Crippen molar-refractivity contribution in [2.75, 3.05) is 18.0 Å². The molecule has 0 saturated heterocycles. The first-order valence-corrected chi connectivity index (χ1v) is 14.8. The normalized spacial score (nSPS) is 14.5. The number of hydrogen-bond donors (Lipinski definition) is 3. The number of carboxylic acid groups (broad SMARTS) is 1. The van der Waals surface area contributed by atoms with Crippen molar-refractivity contribution in [3.8, 4) is 0 Å². The third-order valence-electron chi connectivity index (χ3n) is 7.55. The molecule has 10 nitrogen and oxygen atoms in total. The quantitative estimate of drug-likeness (QED) is 0.0654. The minimum absolute atomic E-state index is 0.0668. The number of benzene rings is 3. The third kappa shape index (κ3) is 10.1. The van der Waals surface area contributed by atoms with E-state index in [4.69, 9.17) is 5.11 Å². The summed E-state index contributed by atoms with van der Waals surface area (Å²) in [5.74, 6) is -2.71. The molecule has 3 N–H and O–H groups in total. The van der Waals surface area contributed by atoms with Gasteiger partial charge < -0.3 is 20.4 Å². The van der Waals surface area contributed by atoms with Gasteiger partial charge in [0, 0.05) is 22.7 Å². The molecule has 3 aromatic rings. The van der Waals surface area contributed by atoms with Gasteiger partial charge in [-0.2, -0.15) is 26.3 Å². The summed E-state index contributed by atoms with van der Waals surface area (Å²) in [6.07, 6.45) is -6.30. The number of aliphatic carboxylic acids is 1. The summed E-state index contributed by atoms with van der Waals surface area (Å²) in [6, 6.07) is 13.0. The molecule has 0 aromatic heterocycles. The van der Waals surface area contributed by atoms with Crippen LogP contribution in [0.1, 0.15) is 58.3 Å². The molecule has 0 fully saturated rings. The molecule has 0 spiro atoms. The fourth-order valence-electron chi connectivity index (χ4n) is 5.06. The predicted molar refractivity (Wildman–Crippen MR) is 167 cm³/mol. The highest BCUT2D eigenvalue weighted by molar-refractivity contribution is 6.00. The number of nitrogens with zero attached hydrogens (tertiary/aromatic N) is 3. The predicted octanol–water partition coefficient (Wildman–Crippen LogP) is 6.87. The molecule has 0 heterocycles. The molecule has 1 amide bonds. The first kappa shape index (κ1) is 36.6. The Morgan fingerprint density at radius 1 is 0.939 bits per heavy atom. The summed E-state index contributed by atoms with van der Waals surface area (Å²) < 4.78 is 81.6. The molecule has 4 rings (SSSR count). The van der Waals surface area contributed by atoms with Crippen molar-refractivity contribution in [1.29, 1.82) is 0 Å². The Morgan fingerprint density at radius 3 is 2.06 bits per heavy atom. The SMILES string of the molecule is O=C(NC[C@@H](O)C(=O)O)c1ccc(CN(C(C[N+](=O)[O-])=Nc2cc(C(F)(F)F)cc(C(F)(F)F)c2)c2ccc(C3=CCCCC3)cc2)cc1. The van der Waals surface area contributed by atoms with Crippen molar-refractivity contribution < 1.29 is 51.1 Å². The molecular formula is C33H30F6N4O6. The maximum atomic E-state index is 13.6. The van der Waals surface area contributed by atoms with E-state index in [1.165, 1.54) is 29.2 Å². The van der Waals surface area contributed by atoms with Crippen molar-refractivity contribution in [1.82, 2.24) is 5.32 Å². The van der Waals surface area contributed by atoms with E-state index in [1.54, 1.807) is 24.3 Å². The molecule has 260 valence electrons. The van der Waals surface area contributed by atoms with Crippen LogP contribution in [0.3, 0.4) is 0 Å². The molecule has 16 heteroatoms. The number of alkyl halides is 6. The van der Waals surface area contributed by atoms with Gasteiger partial charge in [-0.15, -0.1) is 0 Å². The highest BCUT2D eigenvalue weighted by Gasteiger charge is 2.37. The molecule has 0 unspecified atom stereocenters. The molecule has 1 aliphatic carbocycles. The van der Waals surface area contributed by atoms with Crippen LogP contribution in [-0.2, 0) is 23.7 Å². The summed E-state index contributed by atoms with van der Waals surface area (Å²) >= 11 is 0. The monoisotopic (exact) mass is 692 g/mol. The van der Waals surface area contributed by atoms with Crippen LogP contribution in [0.4, 0.5) is 37.7 Å². The number of carboxylic acids is 1. The highest BCUT2D eigenvalue weighted by atomic mass is 19.4. The summed E-state index contributed by atoms with van der Waals surface area (Å²) in [6.45, 7) is -1.85. The second-order valence-corrected chi connectivity index (χ2v) is 11.2. The summed E-state index contributed by atoms with van der Waals surface area (Å²) in [5, 5.41) is 32.3. The number of aliphatic hydroxyl groups excluding tert-OH is 1. The van der Waals surface area contributed by atoms with Gasteiger partial charge in [-0.3, -0.25) is 14.9 Å². The number of halogens is 6. The van der Waals surface area contributed by atoms with Gasteiger partial charge >= 0.3 is 18.3 Å². The molecule has 3 aromatic carbocycles. The number of anilines is 1. The molecule has 1 atom stereocenters. The Bertz CT molecular complexity index is 1710. The van der Waals surface area contributed by atoms with E-state index in [0.29, 0.717) is 23.4 Å². The Hall–Kier alpha value is -5.25. The number of carbonyl (C=O) groups is 2. The van der Waals surface area contributed by atoms with Gasteiger partial charge in [0.1, 0.15) is 0 Å². The number of allylic oxidation sites excluding steroid dienone is 2. The smallest absolute Gasteiger partial charge is 0.416 e. The van der Waals surface area contributed by atoms with E-state index < -0.39 is 71.0 Å². The van der Waals surface area contributed by atoms with E-state index in [-0.39, 0.29) is 18.2 Å². The maximum Gasteiger partial charge on any atom is 0.416 e. The first-order chi connectivity index (χ1) is 23.0. The number of nitrogens with one attached hydrogen (secondary N) is 1. The lowest BCUT2D eigenvalue weighted by Crippen LogP contribution is -2.36. The average molecular weight is 693 g/mol. The van der Waals surface area contributed by atoms with Gasteiger partial charge in [0.2, 0.25) is 0 Å². The van der Waals surface area contributed by atoms with E-state index in [9.17, 15) is 51.2 Å². The van der Waals surface area contributed by atoms with Crippen LogP contribution in [0.25, 0.3) is 5.57 Å². The van der Waals surface area contributed by atoms with Crippen LogP contribution in [0.2, 0.25) is 0 Å². The lowest BCUT2D eigenvalue weighted by molar-refractivity contribution is -0.463. The fraction of sp³-hybridized carbons (Fsp3) is 0.303. The van der Waals surface area contributed by atoms with Gasteiger partial charge in [0.05, 0.1) is 23.4 Å². The van der Waals surface area contributed by atoms with E-state index >= 15 is 0 Å². The van der Waals surface area contributed by atoms with Crippen LogP contribution < -0.4 is 10.2 Å². The highest BCUT2D eigenvalue weighted by Crippen LogP contribution is 2.38. The number of aliphatic imine (C=N–C) groups is 1. The van der Waals surface area contributed by atoms with Crippen molar-refractivity contribution in [3.63, 3.8) is 0 Å². The maximum absolute atomic E-state index is 13.6. The lowest BCUT2D eigenvalue weighted by Gasteiger charge is -2.26. The number of amides is 1. The number of amidine groups is 1. The average Bonchev–Trinajstić information content (AvgIpc) is 3.05. The number of aliphatic hydroxyl groups is 1. The molecule has 0 saturated carbocycles. The second-order valence-electron chi connectivity index (χ2n) is 11.2. The second kappa shape index (κ2) is 15.3. The van der Waals surface area contributed by atoms with Crippen LogP contribution in [0.5, 0.6) is 0 Å². The van der Waals surface area contributed by atoms with Gasteiger partial charge in [-0.1, -0.05) is 30.3 Å². The van der Waals surface area contributed by atoms with Crippen molar-refractivity contribution >= 4 is 34.7 Å². The van der Waals surface area contributed by atoms with E-state index in [0.717, 1.165) is 36.8 Å². The van der Waals surface area contributed by atoms with Crippen LogP contribution >= 0.6 is 0 Å². The minimum Gasteiger partial charge on any atom is -0.479 e. The summed E-state index contributed by atoms with van der Waals surface area (Å²) in [5.41, 5.74) is -1.31. The number of nitro groups is 1. The fourth-order valence-corrected chi connectivity index (χ4v) is 5.06. The van der Waals surface area contributed by atoms with Gasteiger partial charge in [-0.05, 0) is 84.8 Å². The van der Waals surface area contributed by atoms with Crippen LogP contribution in [0, 0.1) is 10.1 Å². The minimum atomic E-state index is -5.17. The van der Waals surface area contributed by atoms with Crippen LogP contribution in [0.15, 0.2) is 77.8 Å². The Morgan fingerprint density at radius 2 is 1.55 bits per heavy atom. The van der Waals surface area contributed by atoms with E-state index in [1.807, 2.05) is 0 Å². The topological polar surface area (TPSA) is 145 Å². The molecular weight excluding hydrogens is 662 g/mol. The number of rotatable bonds is 11. The largest absolute Gasteiger partial charge is 0.479 e. The van der Waals surface area contributed by atoms with Crippen molar-refractivity contribution in [2.24, 2.45) is 4.99 Å². The molecule has 49 heavy (non-hydrogen) atoms. The zero-order chi connectivity index (χ0) is 35.9. The zero-order valence-corrected chi connectivity index (χ0v) is 25.6. The molecule has 0 aliphatic heterocycles. The van der Waals surface area contributed by atoms with Crippen molar-refractivity contribution in [3.05, 3.63) is 111 Å². The zero-order valence-electron chi connectivity index (χ0n) is 25.6. The van der Waals surface area contributed by atoms with E-state index in [2.05, 4.69) is 16.4 Å². The summed E-state index contributed by atoms with van der Waals surface area (Å²) in [4.78, 5) is 39.5. The Labute approximate surface area is 275 Å². The third-order valence-corrected chi connectivity index (χ3v) is 7.55. The van der Waals surface area contributed by atoms with Gasteiger partial charge in [-0.25, -0.2) is 9.79 Å². The molecule has 0 radical (unpaired) electrons. The molecule has 0 bridgehead atoms. The first-order valence-electron chi connectivity index (χ1n) is 14.8. The summed E-state index contributed by atoms with van der Waals surface area (Å²) in [7, 11) is 0. The number of hydrogen-bond acceptors (Lipinski definition) is 6. The van der Waals surface area contributed by atoms with Gasteiger partial charge in [0.15, 0.2) is 11.9 Å². The van der Waals surface area contributed by atoms with Crippen molar-refractivity contribution in [2.45, 2.75) is 50.7 Å². The standard InChI is InChI=1S/C33H30F6N4O6/c34-32(35,36)24-14-25(33(37,38)39)16-26(15-24)41-29(19-43(48)49)42(27-12-10-22(11-13-27)21-4-2-1-3-5-21)18-20-6-8-23(9-7-20)30(45)40-17-28(44)31(46)47/h4,6-16,28,44H,1-3,5,17-19H2,(H,40,45)(H,46,47)/t28-/m1/s1.